The quantitative estimate of drug-likeness (QED) is 0.803. The van der Waals surface area contributed by atoms with Crippen LogP contribution < -0.4 is 5.73 Å². The fraction of sp³-hybridized carbons (Fsp3) is 0.333. The predicted octanol–water partition coefficient (Wildman–Crippen LogP) is 0.996. The van der Waals surface area contributed by atoms with Gasteiger partial charge in [-0.05, 0) is 24.6 Å². The molecule has 0 aliphatic rings. The van der Waals surface area contributed by atoms with Gasteiger partial charge in [-0.1, -0.05) is 0 Å². The Morgan fingerprint density at radius 3 is 2.43 bits per heavy atom. The van der Waals surface area contributed by atoms with E-state index in [0.717, 1.165) is 6.26 Å². The second-order valence-corrected chi connectivity index (χ2v) is 5.18. The van der Waals surface area contributed by atoms with Crippen molar-refractivity contribution in [3.8, 4) is 0 Å². The lowest BCUT2D eigenvalue weighted by molar-refractivity contribution is 0.585. The molecule has 0 fully saturated rings. The molecule has 0 aromatic heterocycles. The second-order valence-electron chi connectivity index (χ2n) is 3.20. The highest BCUT2D eigenvalue weighted by Crippen LogP contribution is 2.20. The summed E-state index contributed by atoms with van der Waals surface area (Å²) in [5.74, 6) is -0.562. The molecule has 0 unspecified atom stereocenters. The summed E-state index contributed by atoms with van der Waals surface area (Å²) >= 11 is 0. The van der Waals surface area contributed by atoms with Crippen LogP contribution in [-0.4, -0.2) is 14.7 Å². The summed E-state index contributed by atoms with van der Waals surface area (Å²) in [6.45, 7) is 1.52. The smallest absolute Gasteiger partial charge is 0.175 e. The van der Waals surface area contributed by atoms with Crippen LogP contribution in [0, 0.1) is 12.7 Å². The Bertz CT molecular complexity index is 454. The molecule has 1 aromatic rings. The van der Waals surface area contributed by atoms with E-state index in [4.69, 9.17) is 5.73 Å². The van der Waals surface area contributed by atoms with Crippen LogP contribution in [0.3, 0.4) is 0 Å². The molecule has 0 spiro atoms. The van der Waals surface area contributed by atoms with Gasteiger partial charge in [-0.15, -0.1) is 0 Å². The van der Waals surface area contributed by atoms with Crippen LogP contribution in [-0.2, 0) is 16.4 Å². The lowest BCUT2D eigenvalue weighted by Gasteiger charge is -2.08. The highest BCUT2D eigenvalue weighted by atomic mass is 32.2. The summed E-state index contributed by atoms with van der Waals surface area (Å²) in [6.07, 6.45) is 1.04. The normalized spacial score (nSPS) is 11.7. The van der Waals surface area contributed by atoms with Crippen LogP contribution in [0.2, 0.25) is 0 Å². The van der Waals surface area contributed by atoms with E-state index in [1.807, 2.05) is 0 Å². The molecule has 0 amide bonds. The molecule has 0 saturated carbocycles. The Kier molecular flexibility index (Phi) is 2.92. The number of nitrogens with two attached hydrogens (primary N) is 1. The fourth-order valence-electron chi connectivity index (χ4n) is 1.27. The van der Waals surface area contributed by atoms with Crippen molar-refractivity contribution in [2.45, 2.75) is 18.4 Å². The average molecular weight is 217 g/mol. The SMILES string of the molecule is Cc1cc(F)c(CN)c(S(C)(=O)=O)c1. The third-order valence-electron chi connectivity index (χ3n) is 1.90. The number of rotatable bonds is 2. The molecule has 78 valence electrons. The van der Waals surface area contributed by atoms with Crippen LogP contribution >= 0.6 is 0 Å². The molecule has 0 bridgehead atoms. The Morgan fingerprint density at radius 1 is 1.43 bits per heavy atom. The van der Waals surface area contributed by atoms with E-state index in [9.17, 15) is 12.8 Å². The number of aryl methyl sites for hydroxylation is 1. The van der Waals surface area contributed by atoms with Crippen LogP contribution in [0.5, 0.6) is 0 Å². The molecule has 0 saturated heterocycles. The van der Waals surface area contributed by atoms with E-state index in [1.165, 1.54) is 12.1 Å². The summed E-state index contributed by atoms with van der Waals surface area (Å²) in [5, 5.41) is 0. The van der Waals surface area contributed by atoms with Gasteiger partial charge in [0.05, 0.1) is 4.90 Å². The van der Waals surface area contributed by atoms with Crippen molar-refractivity contribution in [3.63, 3.8) is 0 Å². The van der Waals surface area contributed by atoms with Crippen molar-refractivity contribution >= 4 is 9.84 Å². The molecule has 0 aliphatic heterocycles. The summed E-state index contributed by atoms with van der Waals surface area (Å²) in [4.78, 5) is -0.0162. The highest BCUT2D eigenvalue weighted by molar-refractivity contribution is 7.90. The zero-order valence-electron chi connectivity index (χ0n) is 8.04. The summed E-state index contributed by atoms with van der Waals surface area (Å²) < 4.78 is 35.9. The molecular weight excluding hydrogens is 205 g/mol. The van der Waals surface area contributed by atoms with Crippen molar-refractivity contribution in [1.29, 1.82) is 0 Å². The Morgan fingerprint density at radius 2 is 2.00 bits per heavy atom. The van der Waals surface area contributed by atoms with Gasteiger partial charge in [0.1, 0.15) is 5.82 Å². The van der Waals surface area contributed by atoms with Gasteiger partial charge in [-0.25, -0.2) is 12.8 Å². The third kappa shape index (κ3) is 2.10. The molecule has 0 aliphatic carbocycles. The number of hydrogen-bond acceptors (Lipinski definition) is 3. The molecule has 1 rings (SSSR count). The first-order valence-corrected chi connectivity index (χ1v) is 5.94. The standard InChI is InChI=1S/C9H12FNO2S/c1-6-3-8(10)7(5-11)9(4-6)14(2,12)13/h3-4H,5,11H2,1-2H3. The van der Waals surface area contributed by atoms with Crippen LogP contribution in [0.1, 0.15) is 11.1 Å². The van der Waals surface area contributed by atoms with Gasteiger partial charge >= 0.3 is 0 Å². The lowest BCUT2D eigenvalue weighted by atomic mass is 10.1. The van der Waals surface area contributed by atoms with Crippen LogP contribution in [0.15, 0.2) is 17.0 Å². The third-order valence-corrected chi connectivity index (χ3v) is 3.07. The van der Waals surface area contributed by atoms with E-state index in [2.05, 4.69) is 0 Å². The predicted molar refractivity (Wildman–Crippen MR) is 52.1 cm³/mol. The Labute approximate surface area is 82.7 Å². The van der Waals surface area contributed by atoms with Crippen molar-refractivity contribution < 1.29 is 12.8 Å². The van der Waals surface area contributed by atoms with Gasteiger partial charge in [-0.3, -0.25) is 0 Å². The van der Waals surface area contributed by atoms with Crippen molar-refractivity contribution in [3.05, 3.63) is 29.1 Å². The van der Waals surface area contributed by atoms with Gasteiger partial charge in [0, 0.05) is 18.4 Å². The first-order valence-electron chi connectivity index (χ1n) is 4.05. The molecule has 0 atom stereocenters. The fourth-order valence-corrected chi connectivity index (χ4v) is 2.30. The maximum atomic E-state index is 13.3. The molecule has 1 aromatic carbocycles. The van der Waals surface area contributed by atoms with E-state index in [1.54, 1.807) is 6.92 Å². The largest absolute Gasteiger partial charge is 0.326 e. The minimum absolute atomic E-state index is 0.0162. The van der Waals surface area contributed by atoms with Crippen molar-refractivity contribution in [2.75, 3.05) is 6.26 Å². The van der Waals surface area contributed by atoms with Crippen molar-refractivity contribution in [2.24, 2.45) is 5.73 Å². The maximum Gasteiger partial charge on any atom is 0.175 e. The topological polar surface area (TPSA) is 60.2 Å². The lowest BCUT2D eigenvalue weighted by Crippen LogP contribution is -2.09. The van der Waals surface area contributed by atoms with Gasteiger partial charge < -0.3 is 5.73 Å². The van der Waals surface area contributed by atoms with E-state index in [-0.39, 0.29) is 17.0 Å². The summed E-state index contributed by atoms with van der Waals surface area (Å²) in [6, 6.07) is 2.71. The number of sulfone groups is 1. The Balaban J connectivity index is 3.56. The minimum atomic E-state index is -3.41. The zero-order chi connectivity index (χ0) is 10.9. The first-order chi connectivity index (χ1) is 6.36. The Hall–Kier alpha value is -0.940. The molecule has 14 heavy (non-hydrogen) atoms. The number of benzene rings is 1. The van der Waals surface area contributed by atoms with E-state index in [0.29, 0.717) is 5.56 Å². The van der Waals surface area contributed by atoms with Gasteiger partial charge in [0.25, 0.3) is 0 Å². The van der Waals surface area contributed by atoms with Crippen LogP contribution in [0.25, 0.3) is 0 Å². The maximum absolute atomic E-state index is 13.3. The van der Waals surface area contributed by atoms with Crippen LogP contribution in [0.4, 0.5) is 4.39 Å². The first kappa shape index (κ1) is 11.1. The van der Waals surface area contributed by atoms with Crippen molar-refractivity contribution in [1.82, 2.24) is 0 Å². The minimum Gasteiger partial charge on any atom is -0.326 e. The van der Waals surface area contributed by atoms with Gasteiger partial charge in [0.2, 0.25) is 0 Å². The summed E-state index contributed by atoms with van der Waals surface area (Å²) in [7, 11) is -3.41. The number of hydrogen-bond donors (Lipinski definition) is 1. The highest BCUT2D eigenvalue weighted by Gasteiger charge is 2.16. The molecule has 0 heterocycles. The van der Waals surface area contributed by atoms with E-state index < -0.39 is 15.7 Å². The molecule has 2 N–H and O–H groups in total. The second kappa shape index (κ2) is 3.67. The molecule has 5 heteroatoms. The molecule has 3 nitrogen and oxygen atoms in total. The zero-order valence-corrected chi connectivity index (χ0v) is 8.86. The van der Waals surface area contributed by atoms with Gasteiger partial charge in [0.15, 0.2) is 9.84 Å². The summed E-state index contributed by atoms with van der Waals surface area (Å²) in [5.41, 5.74) is 5.92. The van der Waals surface area contributed by atoms with E-state index >= 15 is 0 Å². The number of halogens is 1. The molecule has 0 radical (unpaired) electrons. The molecular formula is C9H12FNO2S. The monoisotopic (exact) mass is 217 g/mol. The average Bonchev–Trinajstić information content (AvgIpc) is 2.01. The van der Waals surface area contributed by atoms with Gasteiger partial charge in [-0.2, -0.15) is 0 Å².